The molecule has 7 nitrogen and oxygen atoms in total. The second kappa shape index (κ2) is 12.0. The number of ketones is 1. The molecule has 0 bridgehead atoms. The average molecular weight is 453 g/mol. The van der Waals surface area contributed by atoms with E-state index in [1.165, 1.54) is 21.1 Å². The number of esters is 1. The van der Waals surface area contributed by atoms with E-state index in [2.05, 4.69) is 11.0 Å². The quantitative estimate of drug-likeness (QED) is 0.453. The molecular formula is C26H32N2O5. The molecule has 7 heteroatoms. The SMILES string of the molecule is COC(=O)c1cccc(CCN(C)CCCC(C#N)(C(C)=O)c2ccc(OC)c(OC)c2)c1. The molecule has 1 unspecified atom stereocenters. The van der Waals surface area contributed by atoms with Crippen molar-refractivity contribution in [2.24, 2.45) is 0 Å². The molecule has 0 amide bonds. The monoisotopic (exact) mass is 452 g/mol. The van der Waals surface area contributed by atoms with Crippen LogP contribution in [0.1, 0.15) is 41.3 Å². The fourth-order valence-electron chi connectivity index (χ4n) is 3.84. The minimum absolute atomic E-state index is 0.195. The van der Waals surface area contributed by atoms with Crippen LogP contribution in [0.4, 0.5) is 0 Å². The lowest BCUT2D eigenvalue weighted by atomic mass is 9.75. The Morgan fingerprint density at radius 3 is 2.36 bits per heavy atom. The van der Waals surface area contributed by atoms with Crippen molar-refractivity contribution in [3.63, 3.8) is 0 Å². The molecule has 0 saturated carbocycles. The van der Waals surface area contributed by atoms with Crippen molar-refractivity contribution in [1.29, 1.82) is 5.26 Å². The van der Waals surface area contributed by atoms with Crippen molar-refractivity contribution >= 4 is 11.8 Å². The van der Waals surface area contributed by atoms with Crippen LogP contribution in [-0.4, -0.2) is 58.1 Å². The highest BCUT2D eigenvalue weighted by Crippen LogP contribution is 2.36. The first kappa shape index (κ1) is 25.9. The maximum atomic E-state index is 12.6. The van der Waals surface area contributed by atoms with Gasteiger partial charge < -0.3 is 19.1 Å². The maximum absolute atomic E-state index is 12.6. The summed E-state index contributed by atoms with van der Waals surface area (Å²) in [6.07, 6.45) is 1.84. The summed E-state index contributed by atoms with van der Waals surface area (Å²) in [6, 6.07) is 14.8. The Morgan fingerprint density at radius 1 is 1.03 bits per heavy atom. The van der Waals surface area contributed by atoms with E-state index in [1.807, 2.05) is 25.2 Å². The van der Waals surface area contributed by atoms with Gasteiger partial charge in [-0.15, -0.1) is 0 Å². The summed E-state index contributed by atoms with van der Waals surface area (Å²) in [5, 5.41) is 10.0. The summed E-state index contributed by atoms with van der Waals surface area (Å²) >= 11 is 0. The number of hydrogen-bond donors (Lipinski definition) is 0. The zero-order valence-electron chi connectivity index (χ0n) is 20.0. The van der Waals surface area contributed by atoms with Crippen molar-refractivity contribution in [2.75, 3.05) is 41.5 Å². The Hall–Kier alpha value is -3.37. The van der Waals surface area contributed by atoms with E-state index >= 15 is 0 Å². The summed E-state index contributed by atoms with van der Waals surface area (Å²) in [5.41, 5.74) is 0.949. The molecule has 0 heterocycles. The fourth-order valence-corrected chi connectivity index (χ4v) is 3.84. The van der Waals surface area contributed by atoms with E-state index in [1.54, 1.807) is 31.4 Å². The molecule has 33 heavy (non-hydrogen) atoms. The third-order valence-corrected chi connectivity index (χ3v) is 5.89. The number of ether oxygens (including phenoxy) is 3. The molecule has 0 N–H and O–H groups in total. The van der Waals surface area contributed by atoms with Crippen LogP contribution in [0.2, 0.25) is 0 Å². The number of benzene rings is 2. The highest BCUT2D eigenvalue weighted by Gasteiger charge is 2.38. The predicted octanol–water partition coefficient (Wildman–Crippen LogP) is 3.80. The van der Waals surface area contributed by atoms with Crippen LogP contribution in [0, 0.1) is 11.3 Å². The molecule has 0 aliphatic heterocycles. The Kier molecular flexibility index (Phi) is 9.43. The lowest BCUT2D eigenvalue weighted by molar-refractivity contribution is -0.120. The molecule has 2 aromatic carbocycles. The van der Waals surface area contributed by atoms with Gasteiger partial charge >= 0.3 is 5.97 Å². The van der Waals surface area contributed by atoms with Crippen LogP contribution in [0.5, 0.6) is 11.5 Å². The Balaban J connectivity index is 2.03. The smallest absolute Gasteiger partial charge is 0.337 e. The zero-order chi connectivity index (χ0) is 24.4. The molecule has 0 aliphatic carbocycles. The standard InChI is InChI=1S/C26H32N2O5/c1-19(29)26(18-27,22-10-11-23(31-3)24(17-22)32-4)13-7-14-28(2)15-12-20-8-6-9-21(16-20)25(30)33-5/h6,8-11,16-17H,7,12-15H2,1-5H3. The molecule has 176 valence electrons. The van der Waals surface area contributed by atoms with Gasteiger partial charge in [-0.05, 0) is 75.2 Å². The van der Waals surface area contributed by atoms with Crippen LogP contribution in [0.3, 0.4) is 0 Å². The van der Waals surface area contributed by atoms with Crippen molar-refractivity contribution in [2.45, 2.75) is 31.6 Å². The van der Waals surface area contributed by atoms with Crippen molar-refractivity contribution in [3.8, 4) is 17.6 Å². The minimum atomic E-state index is -1.24. The summed E-state index contributed by atoms with van der Waals surface area (Å²) < 4.78 is 15.4. The summed E-state index contributed by atoms with van der Waals surface area (Å²) in [5.74, 6) is 0.492. The lowest BCUT2D eigenvalue weighted by Crippen LogP contribution is -2.34. The Morgan fingerprint density at radius 2 is 1.76 bits per heavy atom. The van der Waals surface area contributed by atoms with Gasteiger partial charge in [0.05, 0.1) is 33.0 Å². The molecular weight excluding hydrogens is 420 g/mol. The number of carbonyl (C=O) groups is 2. The van der Waals surface area contributed by atoms with Crippen molar-refractivity contribution in [3.05, 3.63) is 59.2 Å². The fraction of sp³-hybridized carbons (Fsp3) is 0.423. The number of nitriles is 1. The van der Waals surface area contributed by atoms with Crippen molar-refractivity contribution in [1.82, 2.24) is 4.90 Å². The van der Waals surface area contributed by atoms with E-state index in [0.29, 0.717) is 35.5 Å². The van der Waals surface area contributed by atoms with E-state index < -0.39 is 5.41 Å². The van der Waals surface area contributed by atoms with Crippen molar-refractivity contribution < 1.29 is 23.8 Å². The third-order valence-electron chi connectivity index (χ3n) is 5.89. The molecule has 2 rings (SSSR count). The summed E-state index contributed by atoms with van der Waals surface area (Å²) in [4.78, 5) is 26.5. The molecule has 0 aromatic heterocycles. The van der Waals surface area contributed by atoms with E-state index in [9.17, 15) is 14.9 Å². The second-order valence-electron chi connectivity index (χ2n) is 7.99. The van der Waals surface area contributed by atoms with Gasteiger partial charge in [0.2, 0.25) is 0 Å². The summed E-state index contributed by atoms with van der Waals surface area (Å²) in [6.45, 7) is 2.96. The third kappa shape index (κ3) is 6.33. The van der Waals surface area contributed by atoms with Crippen LogP contribution in [0.15, 0.2) is 42.5 Å². The Bertz CT molecular complexity index is 1010. The van der Waals surface area contributed by atoms with Gasteiger partial charge in [0.25, 0.3) is 0 Å². The maximum Gasteiger partial charge on any atom is 0.337 e. The topological polar surface area (TPSA) is 88.9 Å². The molecule has 0 spiro atoms. The average Bonchev–Trinajstić information content (AvgIpc) is 2.84. The first-order chi connectivity index (χ1) is 15.8. The van der Waals surface area contributed by atoms with Gasteiger partial charge in [0, 0.05) is 6.54 Å². The van der Waals surface area contributed by atoms with Crippen LogP contribution >= 0.6 is 0 Å². The lowest BCUT2D eigenvalue weighted by Gasteiger charge is -2.26. The summed E-state index contributed by atoms with van der Waals surface area (Å²) in [7, 11) is 6.44. The van der Waals surface area contributed by atoms with Crippen LogP contribution in [0.25, 0.3) is 0 Å². The number of methoxy groups -OCH3 is 3. The van der Waals surface area contributed by atoms with Gasteiger partial charge in [0.15, 0.2) is 17.3 Å². The van der Waals surface area contributed by atoms with Crippen LogP contribution < -0.4 is 9.47 Å². The van der Waals surface area contributed by atoms with E-state index in [-0.39, 0.29) is 11.8 Å². The highest BCUT2D eigenvalue weighted by atomic mass is 16.5. The molecule has 0 radical (unpaired) electrons. The number of hydrogen-bond acceptors (Lipinski definition) is 7. The van der Waals surface area contributed by atoms with Gasteiger partial charge in [-0.3, -0.25) is 4.79 Å². The molecule has 1 atom stereocenters. The number of nitrogens with zero attached hydrogens (tertiary/aromatic N) is 2. The first-order valence-corrected chi connectivity index (χ1v) is 10.8. The Labute approximate surface area is 195 Å². The zero-order valence-corrected chi connectivity index (χ0v) is 20.0. The normalized spacial score (nSPS) is 12.5. The van der Waals surface area contributed by atoms with Gasteiger partial charge in [-0.1, -0.05) is 18.2 Å². The minimum Gasteiger partial charge on any atom is -0.493 e. The number of rotatable bonds is 12. The van der Waals surface area contributed by atoms with E-state index in [4.69, 9.17) is 14.2 Å². The van der Waals surface area contributed by atoms with Gasteiger partial charge in [0.1, 0.15) is 5.41 Å². The largest absolute Gasteiger partial charge is 0.493 e. The highest BCUT2D eigenvalue weighted by molar-refractivity contribution is 5.91. The van der Waals surface area contributed by atoms with E-state index in [0.717, 1.165) is 25.1 Å². The predicted molar refractivity (Wildman–Crippen MR) is 126 cm³/mol. The number of Topliss-reactive ketones (excluding diaryl/α,β-unsaturated/α-hetero) is 1. The van der Waals surface area contributed by atoms with Gasteiger partial charge in [-0.25, -0.2) is 4.79 Å². The number of likely N-dealkylation sites (N-methyl/N-ethyl adjacent to an activating group) is 1. The molecule has 0 saturated heterocycles. The van der Waals surface area contributed by atoms with Crippen LogP contribution in [-0.2, 0) is 21.4 Å². The molecule has 0 aliphatic rings. The molecule has 0 fully saturated rings. The van der Waals surface area contributed by atoms with Gasteiger partial charge in [-0.2, -0.15) is 5.26 Å². The number of carbonyl (C=O) groups excluding carboxylic acids is 2. The molecule has 2 aromatic rings. The first-order valence-electron chi connectivity index (χ1n) is 10.8. The second-order valence-corrected chi connectivity index (χ2v) is 7.99.